The lowest BCUT2D eigenvalue weighted by atomic mass is 10.1. The fraction of sp³-hybridized carbons (Fsp3) is 0.467. The van der Waals surface area contributed by atoms with Gasteiger partial charge >= 0.3 is 0 Å². The number of nitrogens with zero attached hydrogens (tertiary/aromatic N) is 1. The van der Waals surface area contributed by atoms with Gasteiger partial charge in [-0.1, -0.05) is 0 Å². The second kappa shape index (κ2) is 6.70. The number of hydrogen-bond donors (Lipinski definition) is 2. The van der Waals surface area contributed by atoms with Crippen molar-refractivity contribution in [1.29, 1.82) is 0 Å². The number of hydrogen-bond acceptors (Lipinski definition) is 5. The summed E-state index contributed by atoms with van der Waals surface area (Å²) in [5.41, 5.74) is 6.25. The summed E-state index contributed by atoms with van der Waals surface area (Å²) in [4.78, 5) is 24.1. The van der Waals surface area contributed by atoms with Gasteiger partial charge in [0, 0.05) is 24.7 Å². The number of amides is 2. The van der Waals surface area contributed by atoms with Crippen LogP contribution in [0.4, 0.5) is 0 Å². The molecule has 1 aromatic carbocycles. The van der Waals surface area contributed by atoms with Crippen molar-refractivity contribution in [3.63, 3.8) is 0 Å². The molecule has 1 heterocycles. The minimum absolute atomic E-state index is 0. The lowest BCUT2D eigenvalue weighted by molar-refractivity contribution is 0.0874. The largest absolute Gasteiger partial charge is 0.350 e. The maximum atomic E-state index is 12.3. The van der Waals surface area contributed by atoms with Crippen LogP contribution in [-0.2, 0) is 10.0 Å². The molecule has 24 heavy (non-hydrogen) atoms. The quantitative estimate of drug-likeness (QED) is 0.791. The number of carbonyl (C=O) groups excluding carboxylic acids is 2. The molecule has 0 aromatic heterocycles. The van der Waals surface area contributed by atoms with Crippen molar-refractivity contribution >= 4 is 34.2 Å². The number of carbonyl (C=O) groups is 2. The van der Waals surface area contributed by atoms with E-state index in [9.17, 15) is 18.0 Å². The molecule has 3 rings (SSSR count). The lowest BCUT2D eigenvalue weighted by Crippen LogP contribution is -2.38. The van der Waals surface area contributed by atoms with E-state index in [0.29, 0.717) is 12.5 Å². The van der Waals surface area contributed by atoms with Gasteiger partial charge < -0.3 is 11.1 Å². The van der Waals surface area contributed by atoms with Crippen molar-refractivity contribution in [2.75, 3.05) is 13.1 Å². The highest BCUT2D eigenvalue weighted by Gasteiger charge is 2.40. The molecule has 132 valence electrons. The number of nitrogens with one attached hydrogen (secondary N) is 1. The van der Waals surface area contributed by atoms with Crippen molar-refractivity contribution in [2.24, 2.45) is 11.7 Å². The van der Waals surface area contributed by atoms with E-state index in [4.69, 9.17) is 5.73 Å². The van der Waals surface area contributed by atoms with Gasteiger partial charge in [0.1, 0.15) is 4.90 Å². The number of rotatable bonds is 5. The Bertz CT molecular complexity index is 777. The Kier molecular flexibility index (Phi) is 5.22. The van der Waals surface area contributed by atoms with E-state index in [2.05, 4.69) is 5.32 Å². The molecule has 2 aliphatic rings. The highest BCUT2D eigenvalue weighted by atomic mass is 35.5. The van der Waals surface area contributed by atoms with Crippen LogP contribution in [-0.4, -0.2) is 43.7 Å². The summed E-state index contributed by atoms with van der Waals surface area (Å²) in [7, 11) is -3.86. The Hall–Kier alpha value is -1.64. The van der Waals surface area contributed by atoms with Gasteiger partial charge in [0.15, 0.2) is 0 Å². The Morgan fingerprint density at radius 2 is 2.08 bits per heavy atom. The van der Waals surface area contributed by atoms with Gasteiger partial charge in [0.05, 0.1) is 5.56 Å². The average molecular weight is 374 g/mol. The van der Waals surface area contributed by atoms with Gasteiger partial charge in [-0.25, -0.2) is 12.7 Å². The Morgan fingerprint density at radius 3 is 2.67 bits per heavy atom. The van der Waals surface area contributed by atoms with Crippen molar-refractivity contribution in [3.05, 3.63) is 29.3 Å². The molecule has 1 unspecified atom stereocenters. The molecule has 1 aromatic rings. The summed E-state index contributed by atoms with van der Waals surface area (Å²) in [5, 5.41) is 2.72. The number of halogens is 1. The summed E-state index contributed by atoms with van der Waals surface area (Å²) in [5.74, 6) is -0.474. The SMILES string of the molecule is CCN1C(=O)c2ccc(C(=O)NCC(N)C3CC3)cc2S1(=O)=O.Cl. The minimum Gasteiger partial charge on any atom is -0.350 e. The molecule has 0 bridgehead atoms. The standard InChI is InChI=1S/C15H19N3O4S.ClH/c1-2-18-15(20)11-6-5-10(7-13(11)23(18,21)22)14(19)17-8-12(16)9-3-4-9;/h5-7,9,12H,2-4,8,16H2,1H3,(H,17,19);1H. The molecule has 9 heteroatoms. The number of benzene rings is 1. The van der Waals surface area contributed by atoms with Crippen LogP contribution in [0, 0.1) is 5.92 Å². The molecule has 1 aliphatic heterocycles. The zero-order valence-corrected chi connectivity index (χ0v) is 14.8. The van der Waals surface area contributed by atoms with Gasteiger partial charge in [0.2, 0.25) is 0 Å². The average Bonchev–Trinajstić information content (AvgIpc) is 3.34. The number of nitrogens with two attached hydrogens (primary N) is 1. The fourth-order valence-corrected chi connectivity index (χ4v) is 4.34. The molecule has 1 aliphatic carbocycles. The first kappa shape index (κ1) is 18.7. The summed E-state index contributed by atoms with van der Waals surface area (Å²) in [6, 6.07) is 4.04. The highest BCUT2D eigenvalue weighted by molar-refractivity contribution is 7.90. The van der Waals surface area contributed by atoms with E-state index in [1.54, 1.807) is 6.92 Å². The predicted octanol–water partition coefficient (Wildman–Crippen LogP) is 0.740. The summed E-state index contributed by atoms with van der Waals surface area (Å²) in [6.45, 7) is 2.01. The minimum atomic E-state index is -3.86. The molecule has 2 amide bonds. The number of sulfonamides is 1. The molecule has 0 spiro atoms. The molecule has 0 radical (unpaired) electrons. The third kappa shape index (κ3) is 3.13. The van der Waals surface area contributed by atoms with Crippen LogP contribution in [0.3, 0.4) is 0 Å². The first-order valence-corrected chi connectivity index (χ1v) is 9.05. The lowest BCUT2D eigenvalue weighted by Gasteiger charge is -2.12. The summed E-state index contributed by atoms with van der Waals surface area (Å²) < 4.78 is 25.4. The Labute approximate surface area is 147 Å². The topological polar surface area (TPSA) is 110 Å². The molecule has 0 saturated heterocycles. The highest BCUT2D eigenvalue weighted by Crippen LogP contribution is 2.32. The zero-order chi connectivity index (χ0) is 16.8. The smallest absolute Gasteiger partial charge is 0.268 e. The third-order valence-electron chi connectivity index (χ3n) is 4.28. The first-order valence-electron chi connectivity index (χ1n) is 7.61. The Morgan fingerprint density at radius 1 is 1.42 bits per heavy atom. The molecule has 1 atom stereocenters. The van der Waals surface area contributed by atoms with Crippen molar-refractivity contribution in [2.45, 2.75) is 30.7 Å². The maximum Gasteiger partial charge on any atom is 0.268 e. The molecular weight excluding hydrogens is 354 g/mol. The molecular formula is C15H20ClN3O4S. The second-order valence-corrected chi connectivity index (χ2v) is 7.73. The van der Waals surface area contributed by atoms with Crippen LogP contribution >= 0.6 is 12.4 Å². The van der Waals surface area contributed by atoms with E-state index in [-0.39, 0.29) is 46.9 Å². The van der Waals surface area contributed by atoms with E-state index in [1.165, 1.54) is 18.2 Å². The van der Waals surface area contributed by atoms with Gasteiger partial charge in [-0.15, -0.1) is 12.4 Å². The van der Waals surface area contributed by atoms with Crippen molar-refractivity contribution < 1.29 is 18.0 Å². The van der Waals surface area contributed by atoms with Crippen LogP contribution in [0.1, 0.15) is 40.5 Å². The predicted molar refractivity (Wildman–Crippen MR) is 90.6 cm³/mol. The first-order chi connectivity index (χ1) is 10.9. The van der Waals surface area contributed by atoms with E-state index in [0.717, 1.165) is 17.1 Å². The third-order valence-corrected chi connectivity index (χ3v) is 6.18. The molecule has 1 saturated carbocycles. The second-order valence-electron chi connectivity index (χ2n) is 5.90. The zero-order valence-electron chi connectivity index (χ0n) is 13.2. The van der Waals surface area contributed by atoms with Gasteiger partial charge in [-0.05, 0) is 43.9 Å². The van der Waals surface area contributed by atoms with Crippen LogP contribution in [0.5, 0.6) is 0 Å². The van der Waals surface area contributed by atoms with Crippen LogP contribution in [0.15, 0.2) is 23.1 Å². The molecule has 1 fully saturated rings. The Balaban J connectivity index is 0.00000208. The monoisotopic (exact) mass is 373 g/mol. The van der Waals surface area contributed by atoms with E-state index < -0.39 is 15.9 Å². The van der Waals surface area contributed by atoms with Crippen molar-refractivity contribution in [1.82, 2.24) is 9.62 Å². The van der Waals surface area contributed by atoms with E-state index >= 15 is 0 Å². The van der Waals surface area contributed by atoms with E-state index in [1.807, 2.05) is 0 Å². The summed E-state index contributed by atoms with van der Waals surface area (Å²) in [6.07, 6.45) is 2.17. The number of fused-ring (bicyclic) bond motifs is 1. The summed E-state index contributed by atoms with van der Waals surface area (Å²) >= 11 is 0. The van der Waals surface area contributed by atoms with Crippen LogP contribution < -0.4 is 11.1 Å². The van der Waals surface area contributed by atoms with Crippen LogP contribution in [0.2, 0.25) is 0 Å². The van der Waals surface area contributed by atoms with Gasteiger partial charge in [-0.3, -0.25) is 9.59 Å². The molecule has 7 nitrogen and oxygen atoms in total. The van der Waals surface area contributed by atoms with Crippen molar-refractivity contribution in [3.8, 4) is 0 Å². The maximum absolute atomic E-state index is 12.3. The van der Waals surface area contributed by atoms with Crippen LogP contribution in [0.25, 0.3) is 0 Å². The molecule has 3 N–H and O–H groups in total. The fourth-order valence-electron chi connectivity index (χ4n) is 2.73. The van der Waals surface area contributed by atoms with Gasteiger partial charge in [0.25, 0.3) is 21.8 Å². The normalized spacial score (nSPS) is 19.4. The van der Waals surface area contributed by atoms with Gasteiger partial charge in [-0.2, -0.15) is 0 Å².